The van der Waals surface area contributed by atoms with Crippen molar-refractivity contribution in [3.63, 3.8) is 0 Å². The molecule has 1 N–H and O–H groups in total. The van der Waals surface area contributed by atoms with Crippen LogP contribution in [-0.2, 0) is 4.74 Å². The Morgan fingerprint density at radius 1 is 1.16 bits per heavy atom. The summed E-state index contributed by atoms with van der Waals surface area (Å²) in [5, 5.41) is 8.89. The van der Waals surface area contributed by atoms with Crippen LogP contribution in [0.25, 0.3) is 0 Å². The SMILES string of the molecule is CC(C)(C)OC(=O)Oc1c(Br)cc(C(=O)O)cc1Br. The van der Waals surface area contributed by atoms with E-state index in [2.05, 4.69) is 31.9 Å². The highest BCUT2D eigenvalue weighted by atomic mass is 79.9. The van der Waals surface area contributed by atoms with Crippen molar-refractivity contribution < 1.29 is 24.2 Å². The minimum atomic E-state index is -1.08. The molecule has 19 heavy (non-hydrogen) atoms. The molecule has 7 heteroatoms. The highest BCUT2D eigenvalue weighted by Gasteiger charge is 2.21. The Labute approximate surface area is 127 Å². The third kappa shape index (κ3) is 4.83. The smallest absolute Gasteiger partial charge is 0.478 e. The fourth-order valence-electron chi connectivity index (χ4n) is 1.14. The largest absolute Gasteiger partial charge is 0.514 e. The van der Waals surface area contributed by atoms with Gasteiger partial charge in [0.15, 0.2) is 5.75 Å². The molecule has 0 heterocycles. The van der Waals surface area contributed by atoms with Crippen LogP contribution in [0.2, 0.25) is 0 Å². The number of carbonyl (C=O) groups excluding carboxylic acids is 1. The first-order valence-corrected chi connectivity index (χ1v) is 6.82. The van der Waals surface area contributed by atoms with Gasteiger partial charge in [-0.15, -0.1) is 0 Å². The molecule has 1 aromatic carbocycles. The molecule has 0 unspecified atom stereocenters. The van der Waals surface area contributed by atoms with E-state index in [1.165, 1.54) is 12.1 Å². The van der Waals surface area contributed by atoms with Gasteiger partial charge < -0.3 is 14.6 Å². The zero-order valence-corrected chi connectivity index (χ0v) is 13.7. The first kappa shape index (κ1) is 16.0. The second-order valence-corrected chi connectivity index (χ2v) is 6.35. The lowest BCUT2D eigenvalue weighted by Gasteiger charge is -2.19. The van der Waals surface area contributed by atoms with Gasteiger partial charge in [-0.25, -0.2) is 9.59 Å². The van der Waals surface area contributed by atoms with Crippen LogP contribution in [0.15, 0.2) is 21.1 Å². The van der Waals surface area contributed by atoms with Crippen molar-refractivity contribution in [3.05, 3.63) is 26.6 Å². The molecule has 0 aliphatic heterocycles. The molecular weight excluding hydrogens is 384 g/mol. The van der Waals surface area contributed by atoms with E-state index in [9.17, 15) is 9.59 Å². The molecule has 0 saturated heterocycles. The van der Waals surface area contributed by atoms with E-state index < -0.39 is 17.7 Å². The van der Waals surface area contributed by atoms with E-state index in [0.29, 0.717) is 8.95 Å². The molecule has 0 aliphatic carbocycles. The molecule has 0 aliphatic rings. The number of ether oxygens (including phenoxy) is 2. The average Bonchev–Trinajstić information content (AvgIpc) is 2.20. The van der Waals surface area contributed by atoms with E-state index in [4.69, 9.17) is 14.6 Å². The summed E-state index contributed by atoms with van der Waals surface area (Å²) in [7, 11) is 0. The van der Waals surface area contributed by atoms with Crippen LogP contribution >= 0.6 is 31.9 Å². The van der Waals surface area contributed by atoms with Crippen LogP contribution in [0.5, 0.6) is 5.75 Å². The summed E-state index contributed by atoms with van der Waals surface area (Å²) < 4.78 is 10.7. The number of halogens is 2. The molecule has 1 rings (SSSR count). The van der Waals surface area contributed by atoms with Crippen LogP contribution < -0.4 is 4.74 Å². The predicted octanol–water partition coefficient (Wildman–Crippen LogP) is 4.22. The fraction of sp³-hybridized carbons (Fsp3) is 0.333. The third-order valence-corrected chi connectivity index (χ3v) is 3.00. The van der Waals surface area contributed by atoms with E-state index >= 15 is 0 Å². The lowest BCUT2D eigenvalue weighted by molar-refractivity contribution is 0.0203. The average molecular weight is 396 g/mol. The monoisotopic (exact) mass is 394 g/mol. The van der Waals surface area contributed by atoms with Crippen molar-refractivity contribution >= 4 is 44.0 Å². The lowest BCUT2D eigenvalue weighted by Crippen LogP contribution is -2.26. The number of rotatable bonds is 2. The summed E-state index contributed by atoms with van der Waals surface area (Å²) in [6.07, 6.45) is -0.864. The van der Waals surface area contributed by atoms with Crippen molar-refractivity contribution in [1.82, 2.24) is 0 Å². The maximum absolute atomic E-state index is 11.5. The van der Waals surface area contributed by atoms with E-state index in [1.807, 2.05) is 0 Å². The highest BCUT2D eigenvalue weighted by Crippen LogP contribution is 2.35. The first-order valence-electron chi connectivity index (χ1n) is 5.23. The van der Waals surface area contributed by atoms with E-state index in [0.717, 1.165) is 0 Å². The molecule has 0 fully saturated rings. The fourth-order valence-corrected chi connectivity index (χ4v) is 2.48. The predicted molar refractivity (Wildman–Crippen MR) is 75.7 cm³/mol. The Kier molecular flexibility index (Phi) is 4.98. The Hall–Kier alpha value is -1.08. The van der Waals surface area contributed by atoms with Gasteiger partial charge >= 0.3 is 12.1 Å². The van der Waals surface area contributed by atoms with Gasteiger partial charge in [-0.3, -0.25) is 0 Å². The van der Waals surface area contributed by atoms with Crippen LogP contribution in [0.3, 0.4) is 0 Å². The number of benzene rings is 1. The topological polar surface area (TPSA) is 72.8 Å². The van der Waals surface area contributed by atoms with Gasteiger partial charge in [0, 0.05) is 0 Å². The molecular formula is C12H12Br2O5. The molecule has 0 atom stereocenters. The molecule has 0 amide bonds. The molecule has 0 saturated carbocycles. The van der Waals surface area contributed by atoms with Crippen LogP contribution in [-0.4, -0.2) is 22.8 Å². The molecule has 0 aromatic heterocycles. The van der Waals surface area contributed by atoms with Gasteiger partial charge in [-0.1, -0.05) is 0 Å². The van der Waals surface area contributed by atoms with Crippen LogP contribution in [0, 0.1) is 0 Å². The lowest BCUT2D eigenvalue weighted by atomic mass is 10.2. The molecule has 1 aromatic rings. The summed E-state index contributed by atoms with van der Waals surface area (Å²) in [6, 6.07) is 2.68. The van der Waals surface area contributed by atoms with Crippen LogP contribution in [0.1, 0.15) is 31.1 Å². The van der Waals surface area contributed by atoms with Crippen molar-refractivity contribution in [2.75, 3.05) is 0 Å². The Morgan fingerprint density at radius 3 is 2.00 bits per heavy atom. The summed E-state index contributed by atoms with van der Waals surface area (Å²) in [6.45, 7) is 5.14. The Morgan fingerprint density at radius 2 is 1.63 bits per heavy atom. The van der Waals surface area contributed by atoms with Gasteiger partial charge in [0.25, 0.3) is 0 Å². The number of hydrogen-bond acceptors (Lipinski definition) is 4. The second kappa shape index (κ2) is 5.92. The van der Waals surface area contributed by atoms with E-state index in [-0.39, 0.29) is 11.3 Å². The number of carbonyl (C=O) groups is 2. The van der Waals surface area contributed by atoms with Gasteiger partial charge in [0.2, 0.25) is 0 Å². The summed E-state index contributed by atoms with van der Waals surface area (Å²) in [5.41, 5.74) is -0.605. The molecule has 5 nitrogen and oxygen atoms in total. The summed E-state index contributed by atoms with van der Waals surface area (Å²) in [4.78, 5) is 22.4. The van der Waals surface area contributed by atoms with Crippen molar-refractivity contribution in [1.29, 1.82) is 0 Å². The number of hydrogen-bond donors (Lipinski definition) is 1. The minimum absolute atomic E-state index is 0.0651. The van der Waals surface area contributed by atoms with E-state index in [1.54, 1.807) is 20.8 Å². The Bertz CT molecular complexity index is 496. The summed E-state index contributed by atoms with van der Waals surface area (Å²) >= 11 is 6.30. The second-order valence-electron chi connectivity index (χ2n) is 4.64. The van der Waals surface area contributed by atoms with Crippen molar-refractivity contribution in [2.24, 2.45) is 0 Å². The van der Waals surface area contributed by atoms with Gasteiger partial charge in [0.1, 0.15) is 5.60 Å². The van der Waals surface area contributed by atoms with Crippen molar-refractivity contribution in [3.8, 4) is 5.75 Å². The highest BCUT2D eigenvalue weighted by molar-refractivity contribution is 9.11. The minimum Gasteiger partial charge on any atom is -0.478 e. The molecule has 0 radical (unpaired) electrons. The van der Waals surface area contributed by atoms with Gasteiger partial charge in [-0.2, -0.15) is 0 Å². The number of aromatic carboxylic acids is 1. The zero-order chi connectivity index (χ0) is 14.8. The van der Waals surface area contributed by atoms with Crippen molar-refractivity contribution in [2.45, 2.75) is 26.4 Å². The number of carboxylic acids is 1. The van der Waals surface area contributed by atoms with Gasteiger partial charge in [0.05, 0.1) is 14.5 Å². The zero-order valence-electron chi connectivity index (χ0n) is 10.5. The molecule has 0 spiro atoms. The summed E-state index contributed by atoms with van der Waals surface area (Å²) in [5.74, 6) is -0.913. The Balaban J connectivity index is 2.97. The maximum Gasteiger partial charge on any atom is 0.514 e. The van der Waals surface area contributed by atoms with Gasteiger partial charge in [-0.05, 0) is 64.8 Å². The van der Waals surface area contributed by atoms with Crippen LogP contribution in [0.4, 0.5) is 4.79 Å². The molecule has 0 bridgehead atoms. The normalized spacial score (nSPS) is 11.0. The number of carboxylic acid groups (broad SMARTS) is 1. The first-order chi connectivity index (χ1) is 8.60. The maximum atomic E-state index is 11.5. The quantitative estimate of drug-likeness (QED) is 0.599. The standard InChI is InChI=1S/C12H12Br2O5/c1-12(2,3)19-11(17)18-9-7(13)4-6(10(15)16)5-8(9)14/h4-5H,1-3H3,(H,15,16). The third-order valence-electron chi connectivity index (χ3n) is 1.82. The molecule has 104 valence electrons.